The summed E-state index contributed by atoms with van der Waals surface area (Å²) in [6, 6.07) is 7.04. The van der Waals surface area contributed by atoms with E-state index in [0.29, 0.717) is 27.3 Å². The zero-order chi connectivity index (χ0) is 15.9. The number of hydrogen-bond acceptors (Lipinski definition) is 3. The molecule has 0 atom stereocenters. The zero-order valence-corrected chi connectivity index (χ0v) is 14.2. The van der Waals surface area contributed by atoms with E-state index >= 15 is 0 Å². The second-order valence-electron chi connectivity index (χ2n) is 4.89. The number of halogens is 2. The summed E-state index contributed by atoms with van der Waals surface area (Å²) < 4.78 is 2.50. The average molecular weight is 380 g/mol. The van der Waals surface area contributed by atoms with Crippen molar-refractivity contribution < 1.29 is 4.79 Å². The molecule has 22 heavy (non-hydrogen) atoms. The number of aromatic nitrogens is 3. The highest BCUT2D eigenvalue weighted by molar-refractivity contribution is 9.10. The third kappa shape index (κ3) is 2.71. The first kappa shape index (κ1) is 15.0. The molecule has 2 aromatic heterocycles. The van der Waals surface area contributed by atoms with Crippen LogP contribution >= 0.6 is 27.5 Å². The highest BCUT2D eigenvalue weighted by atomic mass is 79.9. The van der Waals surface area contributed by atoms with Crippen molar-refractivity contribution in [3.63, 3.8) is 0 Å². The topological polar surface area (TPSA) is 59.8 Å². The molecule has 112 valence electrons. The summed E-state index contributed by atoms with van der Waals surface area (Å²) >= 11 is 9.48. The SMILES string of the molecule is Cc1cc(C(=O)Nc2ccc(Br)cc2Cl)c2cnn(C)c2n1. The summed E-state index contributed by atoms with van der Waals surface area (Å²) in [5.74, 6) is -0.243. The zero-order valence-electron chi connectivity index (χ0n) is 11.9. The van der Waals surface area contributed by atoms with E-state index in [1.165, 1.54) is 0 Å². The minimum Gasteiger partial charge on any atom is -0.321 e. The first-order valence-corrected chi connectivity index (χ1v) is 7.68. The Hall–Kier alpha value is -1.92. The predicted molar refractivity (Wildman–Crippen MR) is 90.4 cm³/mol. The van der Waals surface area contributed by atoms with Crippen LogP contribution in [0.4, 0.5) is 5.69 Å². The number of nitrogens with one attached hydrogen (secondary N) is 1. The second-order valence-corrected chi connectivity index (χ2v) is 6.22. The van der Waals surface area contributed by atoms with E-state index in [1.807, 2.05) is 13.0 Å². The van der Waals surface area contributed by atoms with Crippen molar-refractivity contribution in [1.29, 1.82) is 0 Å². The Morgan fingerprint density at radius 3 is 2.86 bits per heavy atom. The van der Waals surface area contributed by atoms with Gasteiger partial charge in [0.15, 0.2) is 5.65 Å². The van der Waals surface area contributed by atoms with E-state index in [1.54, 1.807) is 36.1 Å². The summed E-state index contributed by atoms with van der Waals surface area (Å²) in [5.41, 5.74) is 2.51. The van der Waals surface area contributed by atoms with Gasteiger partial charge in [0.25, 0.3) is 5.91 Å². The molecule has 3 aromatic rings. The molecule has 5 nitrogen and oxygen atoms in total. The van der Waals surface area contributed by atoms with Crippen LogP contribution in [-0.4, -0.2) is 20.7 Å². The predicted octanol–water partition coefficient (Wildman–Crippen LogP) is 3.94. The lowest BCUT2D eigenvalue weighted by molar-refractivity contribution is 0.102. The molecule has 0 bridgehead atoms. The quantitative estimate of drug-likeness (QED) is 0.733. The lowest BCUT2D eigenvalue weighted by atomic mass is 10.1. The number of hydrogen-bond donors (Lipinski definition) is 1. The lowest BCUT2D eigenvalue weighted by Crippen LogP contribution is -2.13. The van der Waals surface area contributed by atoms with Crippen molar-refractivity contribution in [3.8, 4) is 0 Å². The maximum Gasteiger partial charge on any atom is 0.256 e. The van der Waals surface area contributed by atoms with Gasteiger partial charge in [-0.3, -0.25) is 9.48 Å². The van der Waals surface area contributed by atoms with Crippen LogP contribution in [0.2, 0.25) is 5.02 Å². The van der Waals surface area contributed by atoms with Crippen LogP contribution < -0.4 is 5.32 Å². The van der Waals surface area contributed by atoms with Crippen LogP contribution in [0.15, 0.2) is 34.9 Å². The van der Waals surface area contributed by atoms with Crippen molar-refractivity contribution in [2.24, 2.45) is 7.05 Å². The molecule has 0 aliphatic rings. The number of nitrogens with zero attached hydrogens (tertiary/aromatic N) is 3. The van der Waals surface area contributed by atoms with Crippen molar-refractivity contribution in [1.82, 2.24) is 14.8 Å². The first-order valence-electron chi connectivity index (χ1n) is 6.51. The largest absolute Gasteiger partial charge is 0.321 e. The van der Waals surface area contributed by atoms with Gasteiger partial charge in [-0.1, -0.05) is 27.5 Å². The number of carbonyl (C=O) groups excluding carboxylic acids is 1. The number of carbonyl (C=O) groups is 1. The molecule has 0 radical (unpaired) electrons. The Morgan fingerprint density at radius 1 is 1.36 bits per heavy atom. The molecule has 0 saturated carbocycles. The lowest BCUT2D eigenvalue weighted by Gasteiger charge is -2.09. The monoisotopic (exact) mass is 378 g/mol. The summed E-state index contributed by atoms with van der Waals surface area (Å²) in [7, 11) is 1.79. The Balaban J connectivity index is 2.02. The molecule has 1 N–H and O–H groups in total. The molecule has 0 spiro atoms. The standard InChI is InChI=1S/C15H12BrClN4O/c1-8-5-10(11-7-18-21(2)14(11)19-8)15(22)20-13-4-3-9(16)6-12(13)17/h3-7H,1-2H3,(H,20,22). The van der Waals surface area contributed by atoms with Gasteiger partial charge < -0.3 is 5.32 Å². The fourth-order valence-electron chi connectivity index (χ4n) is 2.21. The van der Waals surface area contributed by atoms with Gasteiger partial charge in [-0.15, -0.1) is 0 Å². The van der Waals surface area contributed by atoms with Crippen molar-refractivity contribution in [3.05, 3.63) is 51.2 Å². The molecule has 1 aromatic carbocycles. The van der Waals surface area contributed by atoms with Gasteiger partial charge in [-0.05, 0) is 31.2 Å². The van der Waals surface area contributed by atoms with Crippen LogP contribution in [0.1, 0.15) is 16.1 Å². The van der Waals surface area contributed by atoms with E-state index in [0.717, 1.165) is 10.2 Å². The van der Waals surface area contributed by atoms with Gasteiger partial charge in [-0.2, -0.15) is 5.10 Å². The molecular weight excluding hydrogens is 368 g/mol. The highest BCUT2D eigenvalue weighted by Gasteiger charge is 2.16. The van der Waals surface area contributed by atoms with Gasteiger partial charge in [-0.25, -0.2) is 4.98 Å². The van der Waals surface area contributed by atoms with Crippen LogP contribution in [-0.2, 0) is 7.05 Å². The summed E-state index contributed by atoms with van der Waals surface area (Å²) in [6.45, 7) is 1.84. The number of anilines is 1. The molecule has 0 saturated heterocycles. The molecule has 0 unspecified atom stereocenters. The van der Waals surface area contributed by atoms with E-state index in [9.17, 15) is 4.79 Å². The molecule has 0 aliphatic heterocycles. The van der Waals surface area contributed by atoms with Gasteiger partial charge in [0.1, 0.15) is 0 Å². The van der Waals surface area contributed by atoms with Gasteiger partial charge >= 0.3 is 0 Å². The number of rotatable bonds is 2. The van der Waals surface area contributed by atoms with E-state index in [4.69, 9.17) is 11.6 Å². The Kier molecular flexibility index (Phi) is 3.88. The van der Waals surface area contributed by atoms with E-state index in [2.05, 4.69) is 31.3 Å². The fourth-order valence-corrected chi connectivity index (χ4v) is 2.93. The molecule has 0 aliphatic carbocycles. The van der Waals surface area contributed by atoms with Crippen molar-refractivity contribution in [2.75, 3.05) is 5.32 Å². The molecule has 0 fully saturated rings. The average Bonchev–Trinajstić information content (AvgIpc) is 2.82. The number of fused-ring (bicyclic) bond motifs is 1. The number of aryl methyl sites for hydroxylation is 2. The van der Waals surface area contributed by atoms with Crippen LogP contribution in [0.25, 0.3) is 11.0 Å². The van der Waals surface area contributed by atoms with Crippen LogP contribution in [0.5, 0.6) is 0 Å². The maximum absolute atomic E-state index is 12.6. The normalized spacial score (nSPS) is 10.9. The van der Waals surface area contributed by atoms with E-state index < -0.39 is 0 Å². The summed E-state index contributed by atoms with van der Waals surface area (Å²) in [5, 5.41) is 8.16. The van der Waals surface area contributed by atoms with Crippen LogP contribution in [0, 0.1) is 6.92 Å². The second kappa shape index (κ2) is 5.70. The Bertz CT molecular complexity index is 891. The minimum atomic E-state index is -0.243. The minimum absolute atomic E-state index is 0.243. The third-order valence-corrected chi connectivity index (χ3v) is 4.06. The Labute approximate surface area is 140 Å². The number of amides is 1. The third-order valence-electron chi connectivity index (χ3n) is 3.26. The summed E-state index contributed by atoms with van der Waals surface area (Å²) in [6.07, 6.45) is 1.64. The molecule has 7 heteroatoms. The highest BCUT2D eigenvalue weighted by Crippen LogP contribution is 2.27. The number of benzene rings is 1. The molecular formula is C15H12BrClN4O. The fraction of sp³-hybridized carbons (Fsp3) is 0.133. The van der Waals surface area contributed by atoms with Gasteiger partial charge in [0, 0.05) is 17.2 Å². The van der Waals surface area contributed by atoms with Crippen molar-refractivity contribution >= 4 is 50.2 Å². The van der Waals surface area contributed by atoms with Crippen molar-refractivity contribution in [2.45, 2.75) is 6.92 Å². The molecule has 1 amide bonds. The maximum atomic E-state index is 12.6. The smallest absolute Gasteiger partial charge is 0.256 e. The van der Waals surface area contributed by atoms with Gasteiger partial charge in [0.05, 0.1) is 27.9 Å². The molecule has 2 heterocycles. The summed E-state index contributed by atoms with van der Waals surface area (Å²) in [4.78, 5) is 17.0. The van der Waals surface area contributed by atoms with Gasteiger partial charge in [0.2, 0.25) is 0 Å². The first-order chi connectivity index (χ1) is 10.5. The van der Waals surface area contributed by atoms with Crippen LogP contribution in [0.3, 0.4) is 0 Å². The van der Waals surface area contributed by atoms with E-state index in [-0.39, 0.29) is 5.91 Å². The Morgan fingerprint density at radius 2 is 2.14 bits per heavy atom. The number of pyridine rings is 1. The molecule has 3 rings (SSSR count).